The molecule has 0 radical (unpaired) electrons. The van der Waals surface area contributed by atoms with E-state index < -0.39 is 0 Å². The molecule has 1 N–H and O–H groups in total. The molecule has 4 nitrogen and oxygen atoms in total. The lowest BCUT2D eigenvalue weighted by Crippen LogP contribution is -2.14. The molecule has 0 spiro atoms. The molecule has 110 valence electrons. The van der Waals surface area contributed by atoms with E-state index in [1.165, 1.54) is 11.3 Å². The minimum atomic E-state index is -0.0574. The first-order chi connectivity index (χ1) is 10.7. The van der Waals surface area contributed by atoms with Crippen molar-refractivity contribution < 1.29 is 4.79 Å². The van der Waals surface area contributed by atoms with Gasteiger partial charge in [0.05, 0.1) is 12.1 Å². The number of hydrogen-bond acceptors (Lipinski definition) is 4. The Morgan fingerprint density at radius 2 is 2.05 bits per heavy atom. The van der Waals surface area contributed by atoms with E-state index >= 15 is 0 Å². The topological polar surface area (TPSA) is 54.9 Å². The quantitative estimate of drug-likeness (QED) is 0.799. The summed E-state index contributed by atoms with van der Waals surface area (Å²) in [4.78, 5) is 20.7. The second-order valence-corrected chi connectivity index (χ2v) is 5.79. The third kappa shape index (κ3) is 3.56. The highest BCUT2D eigenvalue weighted by Crippen LogP contribution is 2.25. The molecule has 0 bridgehead atoms. The van der Waals surface area contributed by atoms with Gasteiger partial charge < -0.3 is 5.32 Å². The number of carbonyl (C=O) groups excluding carboxylic acids is 1. The van der Waals surface area contributed by atoms with Crippen LogP contribution in [0.15, 0.2) is 54.0 Å². The van der Waals surface area contributed by atoms with Gasteiger partial charge in [-0.2, -0.15) is 0 Å². The zero-order valence-corrected chi connectivity index (χ0v) is 12.9. The maximum absolute atomic E-state index is 12.0. The molecule has 0 saturated heterocycles. The van der Waals surface area contributed by atoms with Crippen LogP contribution in [0.4, 0.5) is 5.13 Å². The Kier molecular flexibility index (Phi) is 4.25. The standard InChI is InChI=1S/C17H15N3OS/c1-12-9-14(7-8-18-12)15-11-22-17(19-15)20-16(21)10-13-5-3-2-4-6-13/h2-9,11H,10H2,1H3,(H,19,20,21). The van der Waals surface area contributed by atoms with Crippen molar-refractivity contribution in [2.24, 2.45) is 0 Å². The van der Waals surface area contributed by atoms with Crippen LogP contribution in [-0.4, -0.2) is 15.9 Å². The molecule has 0 aliphatic carbocycles. The monoisotopic (exact) mass is 309 g/mol. The van der Waals surface area contributed by atoms with E-state index in [0.29, 0.717) is 11.6 Å². The van der Waals surface area contributed by atoms with Crippen molar-refractivity contribution in [1.29, 1.82) is 0 Å². The Balaban J connectivity index is 1.68. The number of carbonyl (C=O) groups is 1. The Bertz CT molecular complexity index is 783. The van der Waals surface area contributed by atoms with Crippen LogP contribution in [0.2, 0.25) is 0 Å². The van der Waals surface area contributed by atoms with Crippen molar-refractivity contribution in [1.82, 2.24) is 9.97 Å². The third-order valence-corrected chi connectivity index (χ3v) is 3.91. The number of rotatable bonds is 4. The van der Waals surface area contributed by atoms with Gasteiger partial charge in [-0.05, 0) is 24.6 Å². The molecule has 0 aliphatic rings. The molecule has 5 heteroatoms. The largest absolute Gasteiger partial charge is 0.302 e. The number of thiazole rings is 1. The minimum Gasteiger partial charge on any atom is -0.302 e. The molecule has 3 rings (SSSR count). The first-order valence-electron chi connectivity index (χ1n) is 6.93. The van der Waals surface area contributed by atoms with Crippen LogP contribution in [0.5, 0.6) is 0 Å². The van der Waals surface area contributed by atoms with Crippen molar-refractivity contribution >= 4 is 22.4 Å². The smallest absolute Gasteiger partial charge is 0.230 e. The summed E-state index contributed by atoms with van der Waals surface area (Å²) in [5, 5.41) is 5.40. The van der Waals surface area contributed by atoms with E-state index in [-0.39, 0.29) is 5.91 Å². The number of hydrogen-bond donors (Lipinski definition) is 1. The number of aryl methyl sites for hydroxylation is 1. The molecule has 2 aromatic heterocycles. The predicted octanol–water partition coefficient (Wildman–Crippen LogP) is 3.69. The average molecular weight is 309 g/mol. The molecule has 2 heterocycles. The number of amides is 1. The summed E-state index contributed by atoms with van der Waals surface area (Å²) < 4.78 is 0. The zero-order valence-electron chi connectivity index (χ0n) is 12.1. The number of pyridine rings is 1. The van der Waals surface area contributed by atoms with Crippen LogP contribution in [0.25, 0.3) is 11.3 Å². The first kappa shape index (κ1) is 14.4. The summed E-state index contributed by atoms with van der Waals surface area (Å²) >= 11 is 1.43. The summed E-state index contributed by atoms with van der Waals surface area (Å²) in [6.45, 7) is 1.94. The number of nitrogens with one attached hydrogen (secondary N) is 1. The SMILES string of the molecule is Cc1cc(-c2csc(NC(=O)Cc3ccccc3)n2)ccn1. The van der Waals surface area contributed by atoms with Gasteiger partial charge in [-0.3, -0.25) is 9.78 Å². The number of benzene rings is 1. The van der Waals surface area contributed by atoms with Gasteiger partial charge in [-0.15, -0.1) is 11.3 Å². The Morgan fingerprint density at radius 1 is 1.23 bits per heavy atom. The van der Waals surface area contributed by atoms with Crippen molar-refractivity contribution in [2.45, 2.75) is 13.3 Å². The van der Waals surface area contributed by atoms with Crippen molar-refractivity contribution in [3.63, 3.8) is 0 Å². The molecule has 1 aromatic carbocycles. The van der Waals surface area contributed by atoms with E-state index in [4.69, 9.17) is 0 Å². The predicted molar refractivity (Wildman–Crippen MR) is 88.9 cm³/mol. The maximum atomic E-state index is 12.0. The summed E-state index contributed by atoms with van der Waals surface area (Å²) in [6, 6.07) is 13.6. The fourth-order valence-electron chi connectivity index (χ4n) is 2.11. The molecule has 0 fully saturated rings. The van der Waals surface area contributed by atoms with Gasteiger partial charge in [0.25, 0.3) is 0 Å². The van der Waals surface area contributed by atoms with Gasteiger partial charge in [-0.1, -0.05) is 30.3 Å². The van der Waals surface area contributed by atoms with E-state index in [1.54, 1.807) is 6.20 Å². The molecule has 22 heavy (non-hydrogen) atoms. The van der Waals surface area contributed by atoms with Crippen LogP contribution in [0.3, 0.4) is 0 Å². The van der Waals surface area contributed by atoms with E-state index in [9.17, 15) is 4.79 Å². The lowest BCUT2D eigenvalue weighted by molar-refractivity contribution is -0.115. The van der Waals surface area contributed by atoms with E-state index in [2.05, 4.69) is 15.3 Å². The van der Waals surface area contributed by atoms with Crippen LogP contribution in [0.1, 0.15) is 11.3 Å². The zero-order chi connectivity index (χ0) is 15.4. The van der Waals surface area contributed by atoms with Gasteiger partial charge in [0.15, 0.2) is 5.13 Å². The minimum absolute atomic E-state index is 0.0574. The Morgan fingerprint density at radius 3 is 2.82 bits per heavy atom. The lowest BCUT2D eigenvalue weighted by atomic mass is 10.1. The highest BCUT2D eigenvalue weighted by Gasteiger charge is 2.09. The molecule has 0 atom stereocenters. The summed E-state index contributed by atoms with van der Waals surface area (Å²) in [6.07, 6.45) is 2.11. The molecule has 3 aromatic rings. The van der Waals surface area contributed by atoms with E-state index in [1.807, 2.05) is 54.8 Å². The Labute approximate surface area is 132 Å². The highest BCUT2D eigenvalue weighted by atomic mass is 32.1. The van der Waals surface area contributed by atoms with Gasteiger partial charge in [0.2, 0.25) is 5.91 Å². The summed E-state index contributed by atoms with van der Waals surface area (Å²) in [5.41, 5.74) is 3.79. The van der Waals surface area contributed by atoms with Gasteiger partial charge in [0.1, 0.15) is 0 Å². The van der Waals surface area contributed by atoms with Crippen LogP contribution >= 0.6 is 11.3 Å². The van der Waals surface area contributed by atoms with E-state index in [0.717, 1.165) is 22.5 Å². The molecule has 0 unspecified atom stereocenters. The molecule has 0 saturated carbocycles. The van der Waals surface area contributed by atoms with Gasteiger partial charge >= 0.3 is 0 Å². The summed E-state index contributed by atoms with van der Waals surface area (Å²) in [5.74, 6) is -0.0574. The van der Waals surface area contributed by atoms with Gasteiger partial charge in [0, 0.05) is 22.8 Å². The van der Waals surface area contributed by atoms with Crippen LogP contribution in [0, 0.1) is 6.92 Å². The first-order valence-corrected chi connectivity index (χ1v) is 7.81. The second kappa shape index (κ2) is 6.49. The average Bonchev–Trinajstić information content (AvgIpc) is 2.96. The van der Waals surface area contributed by atoms with Crippen molar-refractivity contribution in [2.75, 3.05) is 5.32 Å². The van der Waals surface area contributed by atoms with Gasteiger partial charge in [-0.25, -0.2) is 4.98 Å². The Hall–Kier alpha value is -2.53. The van der Waals surface area contributed by atoms with Crippen LogP contribution in [-0.2, 0) is 11.2 Å². The summed E-state index contributed by atoms with van der Waals surface area (Å²) in [7, 11) is 0. The number of nitrogens with zero attached hydrogens (tertiary/aromatic N) is 2. The molecule has 0 aliphatic heterocycles. The molecule has 1 amide bonds. The molecular formula is C17H15N3OS. The third-order valence-electron chi connectivity index (χ3n) is 3.15. The second-order valence-electron chi connectivity index (χ2n) is 4.93. The normalized spacial score (nSPS) is 10.4. The maximum Gasteiger partial charge on any atom is 0.230 e. The lowest BCUT2D eigenvalue weighted by Gasteiger charge is -2.02. The number of anilines is 1. The van der Waals surface area contributed by atoms with Crippen molar-refractivity contribution in [3.05, 3.63) is 65.3 Å². The van der Waals surface area contributed by atoms with Crippen LogP contribution < -0.4 is 5.32 Å². The highest BCUT2D eigenvalue weighted by molar-refractivity contribution is 7.14. The fourth-order valence-corrected chi connectivity index (χ4v) is 2.85. The molecular weight excluding hydrogens is 294 g/mol. The van der Waals surface area contributed by atoms with Crippen molar-refractivity contribution in [3.8, 4) is 11.3 Å². The fraction of sp³-hybridized carbons (Fsp3) is 0.118. The number of aromatic nitrogens is 2.